The molecule has 1 aliphatic heterocycles. The Bertz CT molecular complexity index is 1020. The number of nitrogens with one attached hydrogen (secondary N) is 1. The second-order valence-electron chi connectivity index (χ2n) is 6.65. The van der Waals surface area contributed by atoms with Gasteiger partial charge in [-0.2, -0.15) is 0 Å². The van der Waals surface area contributed by atoms with Crippen LogP contribution in [-0.4, -0.2) is 22.6 Å². The lowest BCUT2D eigenvalue weighted by molar-refractivity contribution is 0.0642. The van der Waals surface area contributed by atoms with Gasteiger partial charge in [-0.3, -0.25) is 19.3 Å². The third kappa shape index (κ3) is 3.20. The maximum atomic E-state index is 12.5. The number of hydrogen-bond donors (Lipinski definition) is 1. The largest absolute Gasteiger partial charge is 0.467 e. The third-order valence-corrected chi connectivity index (χ3v) is 4.73. The maximum Gasteiger partial charge on any atom is 0.261 e. The topological polar surface area (TPSA) is 79.6 Å². The van der Waals surface area contributed by atoms with Gasteiger partial charge >= 0.3 is 0 Å². The van der Waals surface area contributed by atoms with E-state index < -0.39 is 0 Å². The molecular formula is C22H18N2O4. The molecule has 1 aromatic heterocycles. The Morgan fingerprint density at radius 2 is 1.71 bits per heavy atom. The third-order valence-electron chi connectivity index (χ3n) is 4.73. The molecule has 140 valence electrons. The van der Waals surface area contributed by atoms with Gasteiger partial charge in [0.15, 0.2) is 0 Å². The first-order chi connectivity index (χ1) is 13.5. The summed E-state index contributed by atoms with van der Waals surface area (Å²) in [5.74, 6) is -0.229. The summed E-state index contributed by atoms with van der Waals surface area (Å²) < 4.78 is 5.30. The standard InChI is InChI=1S/C22H18N2O4/c1-14(19-10-5-11-28-19)23-20(25)16-7-4-6-15(12-16)13-24-21(26)17-8-2-3-9-18(17)22(24)27/h2-12,14H,13H2,1H3,(H,23,25)/t14-/m0/s1. The Hall–Kier alpha value is -3.67. The second-order valence-corrected chi connectivity index (χ2v) is 6.65. The highest BCUT2D eigenvalue weighted by molar-refractivity contribution is 6.21. The molecule has 6 heteroatoms. The van der Waals surface area contributed by atoms with Crippen LogP contribution < -0.4 is 5.32 Å². The van der Waals surface area contributed by atoms with Crippen molar-refractivity contribution >= 4 is 17.7 Å². The van der Waals surface area contributed by atoms with E-state index in [-0.39, 0.29) is 30.3 Å². The van der Waals surface area contributed by atoms with Gasteiger partial charge < -0.3 is 9.73 Å². The van der Waals surface area contributed by atoms with E-state index in [2.05, 4.69) is 5.32 Å². The number of furan rings is 1. The number of benzene rings is 2. The minimum atomic E-state index is -0.318. The first-order valence-electron chi connectivity index (χ1n) is 8.93. The lowest BCUT2D eigenvalue weighted by Crippen LogP contribution is -2.29. The van der Waals surface area contributed by atoms with Crippen molar-refractivity contribution < 1.29 is 18.8 Å². The smallest absolute Gasteiger partial charge is 0.261 e. The molecule has 0 bridgehead atoms. The average molecular weight is 374 g/mol. The maximum absolute atomic E-state index is 12.5. The predicted octanol–water partition coefficient (Wildman–Crippen LogP) is 3.57. The van der Waals surface area contributed by atoms with Gasteiger partial charge in [-0.25, -0.2) is 0 Å². The van der Waals surface area contributed by atoms with Crippen molar-refractivity contribution in [3.63, 3.8) is 0 Å². The van der Waals surface area contributed by atoms with E-state index in [9.17, 15) is 14.4 Å². The van der Waals surface area contributed by atoms with Crippen LogP contribution in [0, 0.1) is 0 Å². The number of amides is 3. The summed E-state index contributed by atoms with van der Waals surface area (Å²) in [4.78, 5) is 38.8. The Kier molecular flexibility index (Phi) is 4.53. The van der Waals surface area contributed by atoms with Gasteiger partial charge in [-0.15, -0.1) is 0 Å². The van der Waals surface area contributed by atoms with Crippen molar-refractivity contribution in [3.05, 3.63) is 94.9 Å². The van der Waals surface area contributed by atoms with Crippen molar-refractivity contribution in [3.8, 4) is 0 Å². The summed E-state index contributed by atoms with van der Waals surface area (Å²) in [7, 11) is 0. The van der Waals surface area contributed by atoms with Gasteiger partial charge in [0.1, 0.15) is 5.76 Å². The molecule has 2 heterocycles. The molecular weight excluding hydrogens is 356 g/mol. The highest BCUT2D eigenvalue weighted by Crippen LogP contribution is 2.24. The molecule has 0 fully saturated rings. The SMILES string of the molecule is C[C@H](NC(=O)c1cccc(CN2C(=O)c3ccccc3C2=O)c1)c1ccco1. The fourth-order valence-corrected chi connectivity index (χ4v) is 3.26. The quantitative estimate of drug-likeness (QED) is 0.693. The lowest BCUT2D eigenvalue weighted by Gasteiger charge is -2.15. The number of hydrogen-bond acceptors (Lipinski definition) is 4. The second kappa shape index (κ2) is 7.15. The molecule has 1 atom stereocenters. The number of nitrogens with zero attached hydrogens (tertiary/aromatic N) is 1. The zero-order chi connectivity index (χ0) is 19.7. The van der Waals surface area contributed by atoms with Crippen LogP contribution in [0.3, 0.4) is 0 Å². The summed E-state index contributed by atoms with van der Waals surface area (Å²) in [5, 5.41) is 2.87. The highest BCUT2D eigenvalue weighted by atomic mass is 16.3. The molecule has 3 aromatic rings. The van der Waals surface area contributed by atoms with Crippen LogP contribution in [0.5, 0.6) is 0 Å². The minimum Gasteiger partial charge on any atom is -0.467 e. The Balaban J connectivity index is 1.49. The first-order valence-corrected chi connectivity index (χ1v) is 8.93. The molecule has 0 saturated heterocycles. The summed E-state index contributed by atoms with van der Waals surface area (Å²) in [6.07, 6.45) is 1.56. The van der Waals surface area contributed by atoms with Crippen LogP contribution in [-0.2, 0) is 6.54 Å². The first kappa shape index (κ1) is 17.7. The molecule has 6 nitrogen and oxygen atoms in total. The molecule has 0 aliphatic carbocycles. The van der Waals surface area contributed by atoms with E-state index in [0.717, 1.165) is 0 Å². The van der Waals surface area contributed by atoms with Gasteiger partial charge in [-0.1, -0.05) is 24.3 Å². The van der Waals surface area contributed by atoms with Crippen molar-refractivity contribution in [2.24, 2.45) is 0 Å². The van der Waals surface area contributed by atoms with E-state index in [1.807, 2.05) is 6.92 Å². The van der Waals surface area contributed by atoms with Crippen LogP contribution in [0.1, 0.15) is 55.4 Å². The van der Waals surface area contributed by atoms with Crippen molar-refractivity contribution in [2.75, 3.05) is 0 Å². The van der Waals surface area contributed by atoms with Crippen molar-refractivity contribution in [1.29, 1.82) is 0 Å². The normalized spacial score (nSPS) is 14.1. The van der Waals surface area contributed by atoms with Gasteiger partial charge in [0.2, 0.25) is 0 Å². The zero-order valence-electron chi connectivity index (χ0n) is 15.2. The van der Waals surface area contributed by atoms with Gasteiger partial charge in [-0.05, 0) is 48.9 Å². The molecule has 1 aliphatic rings. The van der Waals surface area contributed by atoms with E-state index in [1.165, 1.54) is 4.90 Å². The van der Waals surface area contributed by atoms with Crippen molar-refractivity contribution in [1.82, 2.24) is 10.2 Å². The molecule has 0 saturated carbocycles. The molecule has 1 N–H and O–H groups in total. The Morgan fingerprint density at radius 1 is 1.00 bits per heavy atom. The van der Waals surface area contributed by atoms with Gasteiger partial charge in [0.05, 0.1) is 30.0 Å². The van der Waals surface area contributed by atoms with Crippen LogP contribution in [0.4, 0.5) is 0 Å². The molecule has 0 unspecified atom stereocenters. The predicted molar refractivity (Wildman–Crippen MR) is 102 cm³/mol. The molecule has 4 rings (SSSR count). The minimum absolute atomic E-state index is 0.112. The Labute approximate surface area is 161 Å². The molecule has 0 radical (unpaired) electrons. The molecule has 0 spiro atoms. The summed E-state index contributed by atoms with van der Waals surface area (Å²) >= 11 is 0. The number of rotatable bonds is 5. The summed E-state index contributed by atoms with van der Waals surface area (Å²) in [6, 6.07) is 17.0. The monoisotopic (exact) mass is 374 g/mol. The number of imide groups is 1. The van der Waals surface area contributed by atoms with Crippen LogP contribution in [0.2, 0.25) is 0 Å². The van der Waals surface area contributed by atoms with Crippen molar-refractivity contribution in [2.45, 2.75) is 19.5 Å². The molecule has 2 aromatic carbocycles. The van der Waals surface area contributed by atoms with Crippen LogP contribution >= 0.6 is 0 Å². The van der Waals surface area contributed by atoms with Gasteiger partial charge in [0.25, 0.3) is 17.7 Å². The van der Waals surface area contributed by atoms with E-state index in [1.54, 1.807) is 66.9 Å². The average Bonchev–Trinajstić information content (AvgIpc) is 3.33. The molecule has 28 heavy (non-hydrogen) atoms. The Morgan fingerprint density at radius 3 is 2.36 bits per heavy atom. The fourth-order valence-electron chi connectivity index (χ4n) is 3.26. The van der Waals surface area contributed by atoms with Crippen LogP contribution in [0.25, 0.3) is 0 Å². The number of carbonyl (C=O) groups is 3. The van der Waals surface area contributed by atoms with Gasteiger partial charge in [0, 0.05) is 5.56 Å². The summed E-state index contributed by atoms with van der Waals surface area (Å²) in [6.45, 7) is 1.95. The summed E-state index contributed by atoms with van der Waals surface area (Å²) in [5.41, 5.74) is 1.97. The van der Waals surface area contributed by atoms with Crippen LogP contribution in [0.15, 0.2) is 71.3 Å². The fraction of sp³-hybridized carbons (Fsp3) is 0.136. The number of carbonyl (C=O) groups excluding carboxylic acids is 3. The zero-order valence-corrected chi connectivity index (χ0v) is 15.2. The molecule has 3 amide bonds. The lowest BCUT2D eigenvalue weighted by atomic mass is 10.1. The highest BCUT2D eigenvalue weighted by Gasteiger charge is 2.35. The van der Waals surface area contributed by atoms with E-state index in [0.29, 0.717) is 28.0 Å². The van der Waals surface area contributed by atoms with E-state index >= 15 is 0 Å². The number of fused-ring (bicyclic) bond motifs is 1. The van der Waals surface area contributed by atoms with E-state index in [4.69, 9.17) is 4.42 Å².